The minimum atomic E-state index is -0.353. The summed E-state index contributed by atoms with van der Waals surface area (Å²) in [5.74, 6) is -0.464. The summed E-state index contributed by atoms with van der Waals surface area (Å²) in [4.78, 5) is 13.2. The van der Waals surface area contributed by atoms with Crippen LogP contribution in [-0.2, 0) is 11.3 Å². The van der Waals surface area contributed by atoms with Crippen LogP contribution in [0.3, 0.4) is 0 Å². The van der Waals surface area contributed by atoms with Gasteiger partial charge in [0.15, 0.2) is 0 Å². The number of carbonyl (C=O) groups is 1. The van der Waals surface area contributed by atoms with E-state index in [4.69, 9.17) is 11.6 Å². The van der Waals surface area contributed by atoms with Crippen molar-refractivity contribution in [2.45, 2.75) is 19.5 Å². The van der Waals surface area contributed by atoms with Crippen molar-refractivity contribution in [3.8, 4) is 0 Å². The smallest absolute Gasteiger partial charge is 0.236 e. The molecule has 0 aromatic heterocycles. The highest BCUT2D eigenvalue weighted by Crippen LogP contribution is 2.20. The minimum absolute atomic E-state index is 0.111. The highest BCUT2D eigenvalue weighted by molar-refractivity contribution is 6.31. The van der Waals surface area contributed by atoms with Crippen LogP contribution in [0.25, 0.3) is 0 Å². The Labute approximate surface area is 106 Å². The third-order valence-corrected chi connectivity index (χ3v) is 3.11. The molecule has 5 heteroatoms. The van der Waals surface area contributed by atoms with Crippen LogP contribution in [0.1, 0.15) is 12.5 Å². The van der Waals surface area contributed by atoms with Gasteiger partial charge in [-0.2, -0.15) is 0 Å². The van der Waals surface area contributed by atoms with E-state index in [-0.39, 0.29) is 17.8 Å². The van der Waals surface area contributed by atoms with Crippen molar-refractivity contribution in [1.29, 1.82) is 0 Å². The Morgan fingerprint density at radius 3 is 2.76 bits per heavy atom. The van der Waals surface area contributed by atoms with Crippen molar-refractivity contribution in [3.63, 3.8) is 0 Å². The maximum atomic E-state index is 13.5. The van der Waals surface area contributed by atoms with E-state index in [0.717, 1.165) is 0 Å². The van der Waals surface area contributed by atoms with Crippen molar-refractivity contribution >= 4 is 17.5 Å². The molecule has 0 bridgehead atoms. The summed E-state index contributed by atoms with van der Waals surface area (Å²) in [5.41, 5.74) is 0.410. The van der Waals surface area contributed by atoms with E-state index in [0.29, 0.717) is 17.1 Å². The lowest BCUT2D eigenvalue weighted by atomic mass is 10.1. The highest BCUT2D eigenvalue weighted by Gasteiger charge is 2.18. The Morgan fingerprint density at radius 1 is 1.59 bits per heavy atom. The number of nitrogens with zero attached hydrogens (tertiary/aromatic N) is 1. The van der Waals surface area contributed by atoms with Gasteiger partial charge in [0.05, 0.1) is 6.04 Å². The summed E-state index contributed by atoms with van der Waals surface area (Å²) in [6.45, 7) is 2.05. The molecule has 0 fully saturated rings. The zero-order valence-electron chi connectivity index (χ0n) is 10.1. The van der Waals surface area contributed by atoms with Gasteiger partial charge in [-0.25, -0.2) is 4.39 Å². The lowest BCUT2D eigenvalue weighted by molar-refractivity contribution is -0.125. The van der Waals surface area contributed by atoms with Crippen LogP contribution in [0, 0.1) is 5.82 Å². The molecule has 1 amide bonds. The van der Waals surface area contributed by atoms with Crippen LogP contribution < -0.4 is 5.32 Å². The number of rotatable bonds is 4. The molecule has 0 heterocycles. The van der Waals surface area contributed by atoms with E-state index in [2.05, 4.69) is 5.32 Å². The van der Waals surface area contributed by atoms with E-state index in [1.165, 1.54) is 6.07 Å². The molecule has 1 atom stereocenters. The first-order chi connectivity index (χ1) is 7.97. The van der Waals surface area contributed by atoms with E-state index in [1.54, 1.807) is 38.1 Å². The fraction of sp³-hybridized carbons (Fsp3) is 0.417. The topological polar surface area (TPSA) is 32.3 Å². The Kier molecular flexibility index (Phi) is 4.90. The molecule has 1 rings (SSSR count). The number of hydrogen-bond acceptors (Lipinski definition) is 2. The Bertz CT molecular complexity index is 391. The van der Waals surface area contributed by atoms with Crippen LogP contribution in [0.15, 0.2) is 18.2 Å². The molecule has 94 valence electrons. The molecule has 0 saturated carbocycles. The summed E-state index contributed by atoms with van der Waals surface area (Å²) in [7, 11) is 3.32. The zero-order valence-corrected chi connectivity index (χ0v) is 10.9. The van der Waals surface area contributed by atoms with Crippen LogP contribution in [0.2, 0.25) is 5.02 Å². The third-order valence-electron chi connectivity index (χ3n) is 2.76. The molecule has 0 radical (unpaired) electrons. The van der Waals surface area contributed by atoms with Crippen molar-refractivity contribution in [2.75, 3.05) is 14.1 Å². The second kappa shape index (κ2) is 5.98. The number of halogens is 2. The molecule has 0 unspecified atom stereocenters. The molecular formula is C12H16ClFN2O. The number of hydrogen-bond donors (Lipinski definition) is 1. The first kappa shape index (κ1) is 13.9. The Balaban J connectivity index is 2.81. The minimum Gasteiger partial charge on any atom is -0.358 e. The van der Waals surface area contributed by atoms with Crippen LogP contribution in [-0.4, -0.2) is 30.9 Å². The van der Waals surface area contributed by atoms with Crippen molar-refractivity contribution < 1.29 is 9.18 Å². The van der Waals surface area contributed by atoms with Crippen molar-refractivity contribution in [2.24, 2.45) is 0 Å². The maximum absolute atomic E-state index is 13.5. The molecular weight excluding hydrogens is 243 g/mol. The molecule has 0 spiro atoms. The van der Waals surface area contributed by atoms with Gasteiger partial charge in [-0.3, -0.25) is 9.69 Å². The molecule has 1 aromatic carbocycles. The van der Waals surface area contributed by atoms with Gasteiger partial charge in [0.25, 0.3) is 0 Å². The lowest BCUT2D eigenvalue weighted by Crippen LogP contribution is -2.41. The molecule has 1 aromatic rings. The van der Waals surface area contributed by atoms with Crippen molar-refractivity contribution in [1.82, 2.24) is 10.2 Å². The summed E-state index contributed by atoms with van der Waals surface area (Å²) in [6, 6.07) is 4.22. The molecule has 0 aliphatic carbocycles. The number of amides is 1. The summed E-state index contributed by atoms with van der Waals surface area (Å²) >= 11 is 5.92. The SMILES string of the molecule is CNC(=O)[C@@H](C)N(C)Cc1c(F)cccc1Cl. The van der Waals surface area contributed by atoms with E-state index in [1.807, 2.05) is 0 Å². The quantitative estimate of drug-likeness (QED) is 0.897. The summed E-state index contributed by atoms with van der Waals surface area (Å²) in [5, 5.41) is 2.93. The molecule has 0 aliphatic rings. The second-order valence-corrected chi connectivity index (χ2v) is 4.31. The fourth-order valence-electron chi connectivity index (χ4n) is 1.48. The molecule has 1 N–H and O–H groups in total. The Morgan fingerprint density at radius 2 is 2.24 bits per heavy atom. The first-order valence-corrected chi connectivity index (χ1v) is 5.70. The van der Waals surface area contributed by atoms with Gasteiger partial charge in [0.1, 0.15) is 5.82 Å². The van der Waals surface area contributed by atoms with Gasteiger partial charge in [0, 0.05) is 24.2 Å². The largest absolute Gasteiger partial charge is 0.358 e. The standard InChI is InChI=1S/C12H16ClFN2O/c1-8(12(17)15-2)16(3)7-9-10(13)5-4-6-11(9)14/h4-6,8H,7H2,1-3H3,(H,15,17)/t8-/m1/s1. The average molecular weight is 259 g/mol. The van der Waals surface area contributed by atoms with E-state index < -0.39 is 0 Å². The maximum Gasteiger partial charge on any atom is 0.236 e. The first-order valence-electron chi connectivity index (χ1n) is 5.32. The molecule has 0 saturated heterocycles. The summed E-state index contributed by atoms with van der Waals surface area (Å²) < 4.78 is 13.5. The fourth-order valence-corrected chi connectivity index (χ4v) is 1.70. The van der Waals surface area contributed by atoms with Gasteiger partial charge in [-0.15, -0.1) is 0 Å². The molecule has 17 heavy (non-hydrogen) atoms. The Hall–Kier alpha value is -1.13. The van der Waals surface area contributed by atoms with Gasteiger partial charge < -0.3 is 5.32 Å². The number of carbonyl (C=O) groups excluding carboxylic acids is 1. The zero-order chi connectivity index (χ0) is 13.0. The van der Waals surface area contributed by atoms with Gasteiger partial charge in [0.2, 0.25) is 5.91 Å². The monoisotopic (exact) mass is 258 g/mol. The van der Waals surface area contributed by atoms with Crippen molar-refractivity contribution in [3.05, 3.63) is 34.6 Å². The van der Waals surface area contributed by atoms with E-state index >= 15 is 0 Å². The predicted molar refractivity (Wildman–Crippen MR) is 66.4 cm³/mol. The highest BCUT2D eigenvalue weighted by atomic mass is 35.5. The predicted octanol–water partition coefficient (Wildman–Crippen LogP) is 2.05. The lowest BCUT2D eigenvalue weighted by Gasteiger charge is -2.23. The molecule has 3 nitrogen and oxygen atoms in total. The van der Waals surface area contributed by atoms with Gasteiger partial charge in [-0.05, 0) is 26.1 Å². The van der Waals surface area contributed by atoms with Gasteiger partial charge in [-0.1, -0.05) is 17.7 Å². The molecule has 0 aliphatic heterocycles. The summed E-state index contributed by atoms with van der Waals surface area (Å²) in [6.07, 6.45) is 0. The number of nitrogens with one attached hydrogen (secondary N) is 1. The van der Waals surface area contributed by atoms with Crippen LogP contribution in [0.4, 0.5) is 4.39 Å². The van der Waals surface area contributed by atoms with Crippen LogP contribution >= 0.6 is 11.6 Å². The second-order valence-electron chi connectivity index (χ2n) is 3.91. The average Bonchev–Trinajstić information content (AvgIpc) is 2.31. The van der Waals surface area contributed by atoms with E-state index in [9.17, 15) is 9.18 Å². The van der Waals surface area contributed by atoms with Gasteiger partial charge >= 0.3 is 0 Å². The number of benzene rings is 1. The number of likely N-dealkylation sites (N-methyl/N-ethyl adjacent to an activating group) is 2. The normalized spacial score (nSPS) is 12.6. The third kappa shape index (κ3) is 3.41. The van der Waals surface area contributed by atoms with Crippen LogP contribution in [0.5, 0.6) is 0 Å².